The molecule has 0 aromatic heterocycles. The molecule has 5 nitrogen and oxygen atoms in total. The fourth-order valence-corrected chi connectivity index (χ4v) is 4.71. The summed E-state index contributed by atoms with van der Waals surface area (Å²) in [5.41, 5.74) is 3.05. The maximum Gasteiger partial charge on any atom is 0.257 e. The lowest BCUT2D eigenvalue weighted by atomic mass is 9.99. The van der Waals surface area contributed by atoms with E-state index in [1.54, 1.807) is 72.4 Å². The van der Waals surface area contributed by atoms with Crippen molar-refractivity contribution < 1.29 is 14.4 Å². The number of carbonyl (C=O) groups excluding carboxylic acids is 3. The lowest BCUT2D eigenvalue weighted by molar-refractivity contribution is -0.116. The van der Waals surface area contributed by atoms with Crippen molar-refractivity contribution >= 4 is 40.7 Å². The summed E-state index contributed by atoms with van der Waals surface area (Å²) in [5.74, 6) is 0.103. The summed E-state index contributed by atoms with van der Waals surface area (Å²) < 4.78 is 0. The Morgan fingerprint density at radius 2 is 1.35 bits per heavy atom. The van der Waals surface area contributed by atoms with Crippen LogP contribution in [0.2, 0.25) is 0 Å². The zero-order chi connectivity index (χ0) is 26.0. The first kappa shape index (κ1) is 25.9. The van der Waals surface area contributed by atoms with Gasteiger partial charge in [-0.1, -0.05) is 72.3 Å². The molecular formula is C31H28N2O3S. The molecule has 2 amide bonds. The molecule has 186 valence electrons. The molecule has 37 heavy (non-hydrogen) atoms. The Morgan fingerprint density at radius 1 is 0.703 bits per heavy atom. The Morgan fingerprint density at radius 3 is 2.11 bits per heavy atom. The molecule has 0 unspecified atom stereocenters. The summed E-state index contributed by atoms with van der Waals surface area (Å²) >= 11 is 1.71. The van der Waals surface area contributed by atoms with Crippen molar-refractivity contribution in [2.45, 2.75) is 24.7 Å². The summed E-state index contributed by atoms with van der Waals surface area (Å²) in [7, 11) is 0. The SMILES string of the molecule is Cc1ccc(NC(=O)c2ccccc2NC(=O)CCCSc2ccccc2)c(C(=O)c2ccccc2)c1. The summed E-state index contributed by atoms with van der Waals surface area (Å²) in [5, 5.41) is 5.75. The molecule has 0 fully saturated rings. The summed E-state index contributed by atoms with van der Waals surface area (Å²) in [6.07, 6.45) is 1.07. The van der Waals surface area contributed by atoms with Crippen LogP contribution < -0.4 is 10.6 Å². The van der Waals surface area contributed by atoms with Gasteiger partial charge >= 0.3 is 0 Å². The summed E-state index contributed by atoms with van der Waals surface area (Å²) in [6, 6.07) is 31.2. The molecular weight excluding hydrogens is 480 g/mol. The van der Waals surface area contributed by atoms with Gasteiger partial charge in [0.15, 0.2) is 5.78 Å². The molecule has 0 saturated heterocycles. The quantitative estimate of drug-likeness (QED) is 0.138. The molecule has 0 bridgehead atoms. The van der Waals surface area contributed by atoms with E-state index in [1.807, 2.05) is 49.4 Å². The average Bonchev–Trinajstić information content (AvgIpc) is 2.93. The molecule has 2 N–H and O–H groups in total. The summed E-state index contributed by atoms with van der Waals surface area (Å²) in [6.45, 7) is 1.90. The molecule has 0 radical (unpaired) electrons. The third-order valence-electron chi connectivity index (χ3n) is 5.71. The van der Waals surface area contributed by atoms with E-state index in [-0.39, 0.29) is 11.7 Å². The normalized spacial score (nSPS) is 10.5. The minimum absolute atomic E-state index is 0.149. The van der Waals surface area contributed by atoms with E-state index in [0.717, 1.165) is 11.3 Å². The van der Waals surface area contributed by atoms with Crippen LogP contribution in [-0.2, 0) is 4.79 Å². The van der Waals surface area contributed by atoms with Gasteiger partial charge in [-0.3, -0.25) is 14.4 Å². The van der Waals surface area contributed by atoms with Crippen LogP contribution in [0.5, 0.6) is 0 Å². The van der Waals surface area contributed by atoms with Gasteiger partial charge in [-0.2, -0.15) is 0 Å². The van der Waals surface area contributed by atoms with E-state index in [0.29, 0.717) is 40.9 Å². The maximum absolute atomic E-state index is 13.3. The third kappa shape index (κ3) is 7.18. The second-order valence-electron chi connectivity index (χ2n) is 8.56. The van der Waals surface area contributed by atoms with Gasteiger partial charge in [0.1, 0.15) is 0 Å². The van der Waals surface area contributed by atoms with Gasteiger partial charge in [0.05, 0.1) is 16.9 Å². The van der Waals surface area contributed by atoms with E-state index in [4.69, 9.17) is 0 Å². The number of hydrogen-bond acceptors (Lipinski definition) is 4. The first-order valence-electron chi connectivity index (χ1n) is 12.1. The van der Waals surface area contributed by atoms with E-state index >= 15 is 0 Å². The van der Waals surface area contributed by atoms with E-state index in [9.17, 15) is 14.4 Å². The highest BCUT2D eigenvalue weighted by atomic mass is 32.2. The number of hydrogen-bond donors (Lipinski definition) is 2. The first-order valence-corrected chi connectivity index (χ1v) is 13.1. The highest BCUT2D eigenvalue weighted by Crippen LogP contribution is 2.24. The lowest BCUT2D eigenvalue weighted by Gasteiger charge is -2.14. The molecule has 4 rings (SSSR count). The molecule has 0 atom stereocenters. The second-order valence-corrected chi connectivity index (χ2v) is 9.73. The number of para-hydroxylation sites is 1. The highest BCUT2D eigenvalue weighted by molar-refractivity contribution is 7.99. The molecule has 4 aromatic carbocycles. The van der Waals surface area contributed by atoms with E-state index < -0.39 is 5.91 Å². The van der Waals surface area contributed by atoms with Gasteiger partial charge in [0.25, 0.3) is 5.91 Å². The van der Waals surface area contributed by atoms with Crippen molar-refractivity contribution in [3.8, 4) is 0 Å². The van der Waals surface area contributed by atoms with Gasteiger partial charge in [-0.25, -0.2) is 0 Å². The smallest absolute Gasteiger partial charge is 0.257 e. The van der Waals surface area contributed by atoms with Crippen LogP contribution in [0.25, 0.3) is 0 Å². The van der Waals surface area contributed by atoms with Crippen molar-refractivity contribution in [1.29, 1.82) is 0 Å². The van der Waals surface area contributed by atoms with E-state index in [2.05, 4.69) is 10.6 Å². The standard InChI is InChI=1S/C31H28N2O3S/c1-22-18-19-28(26(21-22)30(35)23-11-4-2-5-12-23)33-31(36)25-15-8-9-16-27(25)32-29(34)17-10-20-37-24-13-6-3-7-14-24/h2-9,11-16,18-19,21H,10,17,20H2,1H3,(H,32,34)(H,33,36). The topological polar surface area (TPSA) is 75.3 Å². The number of amides is 2. The van der Waals surface area contributed by atoms with Crippen molar-refractivity contribution in [3.05, 3.63) is 125 Å². The predicted octanol–water partition coefficient (Wildman–Crippen LogP) is 6.99. The van der Waals surface area contributed by atoms with Crippen LogP contribution in [0.4, 0.5) is 11.4 Å². The van der Waals surface area contributed by atoms with Crippen molar-refractivity contribution in [3.63, 3.8) is 0 Å². The lowest BCUT2D eigenvalue weighted by Crippen LogP contribution is -2.19. The Hall–Kier alpha value is -4.16. The molecule has 6 heteroatoms. The minimum atomic E-state index is -0.401. The molecule has 0 aliphatic heterocycles. The zero-order valence-corrected chi connectivity index (χ0v) is 21.4. The Labute approximate surface area is 221 Å². The fraction of sp³-hybridized carbons (Fsp3) is 0.129. The molecule has 0 heterocycles. The van der Waals surface area contributed by atoms with Crippen molar-refractivity contribution in [1.82, 2.24) is 0 Å². The fourth-order valence-electron chi connectivity index (χ4n) is 3.83. The highest BCUT2D eigenvalue weighted by Gasteiger charge is 2.18. The van der Waals surface area contributed by atoms with Gasteiger partial charge < -0.3 is 10.6 Å². The number of rotatable bonds is 10. The molecule has 4 aromatic rings. The van der Waals surface area contributed by atoms with Crippen LogP contribution in [0.1, 0.15) is 44.7 Å². The monoisotopic (exact) mass is 508 g/mol. The summed E-state index contributed by atoms with van der Waals surface area (Å²) in [4.78, 5) is 40.2. The molecule has 0 aliphatic rings. The second kappa shape index (κ2) is 12.7. The van der Waals surface area contributed by atoms with Crippen molar-refractivity contribution in [2.75, 3.05) is 16.4 Å². The first-order chi connectivity index (χ1) is 18.0. The number of nitrogens with one attached hydrogen (secondary N) is 2. The van der Waals surface area contributed by atoms with Crippen LogP contribution in [0.15, 0.2) is 108 Å². The van der Waals surface area contributed by atoms with Crippen LogP contribution in [0, 0.1) is 6.92 Å². The van der Waals surface area contributed by atoms with Crippen LogP contribution >= 0.6 is 11.8 Å². The number of thioether (sulfide) groups is 1. The van der Waals surface area contributed by atoms with Gasteiger partial charge in [-0.05, 0) is 55.5 Å². The number of aryl methyl sites for hydroxylation is 1. The number of anilines is 2. The zero-order valence-electron chi connectivity index (χ0n) is 20.6. The largest absolute Gasteiger partial charge is 0.325 e. The Kier molecular flexibility index (Phi) is 8.89. The van der Waals surface area contributed by atoms with Crippen LogP contribution in [-0.4, -0.2) is 23.4 Å². The van der Waals surface area contributed by atoms with Gasteiger partial charge in [-0.15, -0.1) is 11.8 Å². The molecule has 0 aliphatic carbocycles. The average molecular weight is 509 g/mol. The maximum atomic E-state index is 13.3. The van der Waals surface area contributed by atoms with Gasteiger partial charge in [0.2, 0.25) is 5.91 Å². The number of ketones is 1. The predicted molar refractivity (Wildman–Crippen MR) is 150 cm³/mol. The third-order valence-corrected chi connectivity index (χ3v) is 6.81. The Bertz CT molecular complexity index is 1390. The number of benzene rings is 4. The van der Waals surface area contributed by atoms with E-state index in [1.165, 1.54) is 4.90 Å². The molecule has 0 spiro atoms. The van der Waals surface area contributed by atoms with Crippen LogP contribution in [0.3, 0.4) is 0 Å². The van der Waals surface area contributed by atoms with Crippen molar-refractivity contribution in [2.24, 2.45) is 0 Å². The minimum Gasteiger partial charge on any atom is -0.325 e. The Balaban J connectivity index is 1.42. The number of carbonyl (C=O) groups is 3. The molecule has 0 saturated carbocycles. The van der Waals surface area contributed by atoms with Gasteiger partial charge in [0, 0.05) is 22.4 Å².